The van der Waals surface area contributed by atoms with Gasteiger partial charge in [0.25, 0.3) is 0 Å². The van der Waals surface area contributed by atoms with Gasteiger partial charge in [0.1, 0.15) is 23.2 Å². The number of halogens is 2. The zero-order valence-corrected chi connectivity index (χ0v) is 22.9. The van der Waals surface area contributed by atoms with Crippen LogP contribution in [0.25, 0.3) is 0 Å². The Hall–Kier alpha value is -4.57. The van der Waals surface area contributed by atoms with Gasteiger partial charge < -0.3 is 40.5 Å². The number of benzene rings is 2. The summed E-state index contributed by atoms with van der Waals surface area (Å²) in [5, 5.41) is 44.1. The summed E-state index contributed by atoms with van der Waals surface area (Å²) in [5.41, 5.74) is -0.875. The number of nitrogens with zero attached hydrogens (tertiary/aromatic N) is 2. The van der Waals surface area contributed by atoms with Gasteiger partial charge in [-0.05, 0) is 38.0 Å². The number of hydrogen-bond acceptors (Lipinski definition) is 9. The maximum Gasteiger partial charge on any atom is 0.547 e. The number of aromatic hydroxyl groups is 2. The Morgan fingerprint density at radius 3 is 2.52 bits per heavy atom. The van der Waals surface area contributed by atoms with E-state index in [1.807, 2.05) is 0 Å². The van der Waals surface area contributed by atoms with E-state index >= 15 is 0 Å². The number of phenolic OH excluding ortho intramolecular Hbond substituents is 2. The topological polar surface area (TPSA) is 206 Å². The van der Waals surface area contributed by atoms with E-state index in [4.69, 9.17) is 16.3 Å². The molecule has 6 N–H and O–H groups in total. The first-order valence-electron chi connectivity index (χ1n) is 12.6. The summed E-state index contributed by atoms with van der Waals surface area (Å²) >= 11 is 6.18. The number of aromatic carboxylic acids is 1. The summed E-state index contributed by atoms with van der Waals surface area (Å²) in [6, 6.07) is 0.546. The predicted molar refractivity (Wildman–Crippen MR) is 142 cm³/mol. The number of nitrogens with one attached hydrogen (secondary N) is 2. The van der Waals surface area contributed by atoms with Crippen molar-refractivity contribution in [1.82, 2.24) is 20.4 Å². The van der Waals surface area contributed by atoms with E-state index in [1.54, 1.807) is 6.92 Å². The Bertz CT molecular complexity index is 1490. The fraction of sp³-hybridized carbons (Fsp3) is 0.320. The lowest BCUT2D eigenvalue weighted by atomic mass is 9.72. The quantitative estimate of drug-likeness (QED) is 0.153. The molecule has 17 heteroatoms. The number of hydrogen-bond donors (Lipinski definition) is 6. The van der Waals surface area contributed by atoms with Crippen molar-refractivity contribution < 1.29 is 53.4 Å². The summed E-state index contributed by atoms with van der Waals surface area (Å²) < 4.78 is 19.3. The molecule has 42 heavy (non-hydrogen) atoms. The highest BCUT2D eigenvalue weighted by atomic mass is 35.5. The average Bonchev–Trinajstić information content (AvgIpc) is 2.93. The van der Waals surface area contributed by atoms with Crippen LogP contribution < -0.4 is 15.3 Å². The summed E-state index contributed by atoms with van der Waals surface area (Å²) in [5.74, 6) is -8.94. The normalized spacial score (nSPS) is 19.1. The average molecular weight is 607 g/mol. The number of fused-ring (bicyclic) bond motifs is 1. The molecule has 0 spiro atoms. The van der Waals surface area contributed by atoms with Crippen LogP contribution in [0, 0.1) is 5.82 Å². The molecule has 0 saturated carbocycles. The number of carboxylic acids is 1. The molecule has 2 heterocycles. The zero-order chi connectivity index (χ0) is 31.0. The minimum Gasteiger partial charge on any atom is -0.534 e. The minimum absolute atomic E-state index is 0.0377. The van der Waals surface area contributed by atoms with E-state index in [2.05, 4.69) is 10.6 Å². The monoisotopic (exact) mass is 606 g/mol. The highest BCUT2D eigenvalue weighted by Gasteiger charge is 2.43. The van der Waals surface area contributed by atoms with Crippen LogP contribution >= 0.6 is 11.6 Å². The molecule has 14 nitrogen and oxygen atoms in total. The first kappa shape index (κ1) is 30.4. The van der Waals surface area contributed by atoms with Crippen molar-refractivity contribution in [1.29, 1.82) is 0 Å². The Morgan fingerprint density at radius 1 is 1.19 bits per heavy atom. The maximum atomic E-state index is 14.1. The Kier molecular flexibility index (Phi) is 8.49. The Labute approximate surface area is 242 Å². The van der Waals surface area contributed by atoms with Crippen molar-refractivity contribution in [3.05, 3.63) is 51.8 Å². The number of carboxylic acid groups (broad SMARTS) is 1. The van der Waals surface area contributed by atoms with E-state index in [9.17, 15) is 48.7 Å². The lowest BCUT2D eigenvalue weighted by Crippen LogP contribution is -2.63. The molecule has 2 aliphatic heterocycles. The molecule has 222 valence electrons. The molecule has 1 saturated heterocycles. The second-order valence-electron chi connectivity index (χ2n) is 9.63. The van der Waals surface area contributed by atoms with Crippen LogP contribution in [0.2, 0.25) is 5.02 Å². The highest BCUT2D eigenvalue weighted by Crippen LogP contribution is 2.38. The third-order valence-corrected chi connectivity index (χ3v) is 7.33. The summed E-state index contributed by atoms with van der Waals surface area (Å²) in [6.45, 7) is 3.44. The van der Waals surface area contributed by atoms with Crippen LogP contribution in [-0.4, -0.2) is 92.1 Å². The number of phenols is 2. The summed E-state index contributed by atoms with van der Waals surface area (Å²) in [7, 11) is -1.86. The molecule has 4 rings (SSSR count). The van der Waals surface area contributed by atoms with E-state index in [1.165, 1.54) is 17.9 Å². The van der Waals surface area contributed by atoms with Crippen LogP contribution in [0.15, 0.2) is 24.3 Å². The van der Waals surface area contributed by atoms with Gasteiger partial charge in [-0.25, -0.2) is 14.0 Å². The van der Waals surface area contributed by atoms with Crippen molar-refractivity contribution >= 4 is 48.4 Å². The van der Waals surface area contributed by atoms with E-state index < -0.39 is 88.5 Å². The molecule has 0 bridgehead atoms. The molecule has 2 aliphatic rings. The number of urea groups is 1. The first-order chi connectivity index (χ1) is 19.8. The van der Waals surface area contributed by atoms with Crippen molar-refractivity contribution in [3.8, 4) is 17.2 Å². The number of rotatable bonds is 6. The Morgan fingerprint density at radius 2 is 1.88 bits per heavy atom. The van der Waals surface area contributed by atoms with Crippen LogP contribution in [0.5, 0.6) is 17.2 Å². The molecular weight excluding hydrogens is 582 g/mol. The van der Waals surface area contributed by atoms with Gasteiger partial charge in [-0.2, -0.15) is 0 Å². The maximum absolute atomic E-state index is 14.1. The molecule has 2 aromatic rings. The van der Waals surface area contributed by atoms with Gasteiger partial charge >= 0.3 is 30.9 Å². The number of carbonyl (C=O) groups is 5. The molecule has 1 fully saturated rings. The molecule has 2 aromatic carbocycles. The third-order valence-electron chi connectivity index (χ3n) is 6.93. The zero-order valence-electron chi connectivity index (χ0n) is 22.1. The van der Waals surface area contributed by atoms with Gasteiger partial charge in [0, 0.05) is 18.7 Å². The SMILES string of the molecule is CCN1CC(C)N(C(=O)NC(C(=O)N[C@H]2Cc3ccc(F)c(C(=O)O)c3OB2O)c2ccc(O)c(O)c2Cl)C(=O)C1=O. The molecule has 5 amide bonds. The van der Waals surface area contributed by atoms with Gasteiger partial charge in [-0.1, -0.05) is 23.7 Å². The molecule has 0 radical (unpaired) electrons. The molecule has 0 aromatic heterocycles. The number of carbonyl (C=O) groups excluding carboxylic acids is 4. The van der Waals surface area contributed by atoms with Crippen LogP contribution in [0.4, 0.5) is 9.18 Å². The van der Waals surface area contributed by atoms with Gasteiger partial charge in [0.05, 0.1) is 17.0 Å². The van der Waals surface area contributed by atoms with Gasteiger partial charge in [0.15, 0.2) is 11.5 Å². The van der Waals surface area contributed by atoms with Crippen LogP contribution in [0.3, 0.4) is 0 Å². The Balaban J connectivity index is 1.64. The van der Waals surface area contributed by atoms with Crippen molar-refractivity contribution in [2.24, 2.45) is 0 Å². The van der Waals surface area contributed by atoms with E-state index in [0.29, 0.717) is 4.90 Å². The van der Waals surface area contributed by atoms with Crippen LogP contribution in [0.1, 0.15) is 41.4 Å². The van der Waals surface area contributed by atoms with Gasteiger partial charge in [-0.3, -0.25) is 19.3 Å². The lowest BCUT2D eigenvalue weighted by Gasteiger charge is -2.37. The molecular formula is C25H25BClFN4O10. The first-order valence-corrected chi connectivity index (χ1v) is 13.0. The molecule has 0 aliphatic carbocycles. The number of piperazine rings is 1. The van der Waals surface area contributed by atoms with E-state index in [-0.39, 0.29) is 30.6 Å². The smallest absolute Gasteiger partial charge is 0.534 e. The lowest BCUT2D eigenvalue weighted by molar-refractivity contribution is -0.155. The minimum atomic E-state index is -1.86. The fourth-order valence-electron chi connectivity index (χ4n) is 4.78. The van der Waals surface area contributed by atoms with Crippen molar-refractivity contribution in [3.63, 3.8) is 0 Å². The van der Waals surface area contributed by atoms with Crippen molar-refractivity contribution in [2.75, 3.05) is 13.1 Å². The highest BCUT2D eigenvalue weighted by molar-refractivity contribution is 6.47. The fourth-order valence-corrected chi connectivity index (χ4v) is 5.05. The molecule has 2 unspecified atom stereocenters. The standard InChI is InChI=1S/C25H25BClFN4O10/c1-3-31-9-10(2)32(23(37)22(31)36)25(40)30-18(12-5-7-14(33)19(34)17(12)27)21(35)29-15-8-11-4-6-13(28)16(24(38)39)20(11)42-26(15)41/h4-7,10,15,18,33-34,41H,3,8-9H2,1-2H3,(H,29,35)(H,30,40)(H,38,39)/t10?,15-,18?/m0/s1. The number of likely N-dealkylation sites (N-methyl/N-ethyl adjacent to an activating group) is 1. The van der Waals surface area contributed by atoms with Crippen LogP contribution in [-0.2, 0) is 20.8 Å². The van der Waals surface area contributed by atoms with Gasteiger partial charge in [-0.15, -0.1) is 0 Å². The van der Waals surface area contributed by atoms with Crippen molar-refractivity contribution in [2.45, 2.75) is 38.3 Å². The third kappa shape index (κ3) is 5.50. The molecule has 3 atom stereocenters. The number of imide groups is 1. The van der Waals surface area contributed by atoms with Gasteiger partial charge in [0.2, 0.25) is 5.91 Å². The largest absolute Gasteiger partial charge is 0.547 e. The number of amides is 5. The summed E-state index contributed by atoms with van der Waals surface area (Å²) in [6.07, 6.45) is -0.221. The second kappa shape index (κ2) is 11.7. The van der Waals surface area contributed by atoms with E-state index in [0.717, 1.165) is 18.2 Å². The predicted octanol–water partition coefficient (Wildman–Crippen LogP) is 0.558. The summed E-state index contributed by atoms with van der Waals surface area (Å²) in [4.78, 5) is 65.4. The second-order valence-corrected chi connectivity index (χ2v) is 10.0.